The molecule has 0 fully saturated rings. The smallest absolute Gasteiger partial charge is 0.118 e. The number of rotatable bonds is 6. The minimum atomic E-state index is -0.177. The molecule has 0 aromatic heterocycles. The zero-order chi connectivity index (χ0) is 13.5. The van der Waals surface area contributed by atoms with Crippen molar-refractivity contribution in [3.63, 3.8) is 0 Å². The summed E-state index contributed by atoms with van der Waals surface area (Å²) >= 11 is 0. The molecular weight excluding hydrogens is 240 g/mol. The monoisotopic (exact) mass is 258 g/mol. The van der Waals surface area contributed by atoms with Crippen molar-refractivity contribution in [2.24, 2.45) is 0 Å². The van der Waals surface area contributed by atoms with Gasteiger partial charge in [0, 0.05) is 0 Å². The zero-order valence-corrected chi connectivity index (χ0v) is 11.2. The molecule has 2 atom stereocenters. The molecule has 100 valence electrons. The summed E-state index contributed by atoms with van der Waals surface area (Å²) < 4.78 is 0. The van der Waals surface area contributed by atoms with Crippen molar-refractivity contribution >= 4 is 0 Å². The van der Waals surface area contributed by atoms with Crippen LogP contribution in [0.3, 0.4) is 0 Å². The minimum absolute atomic E-state index is 0.177. The van der Waals surface area contributed by atoms with Crippen LogP contribution in [0.15, 0.2) is 60.7 Å². The first-order chi connectivity index (χ1) is 9.27. The summed E-state index contributed by atoms with van der Waals surface area (Å²) in [4.78, 5) is 10.4. The van der Waals surface area contributed by atoms with E-state index >= 15 is 0 Å². The van der Waals surface area contributed by atoms with Gasteiger partial charge in [0.2, 0.25) is 0 Å². The van der Waals surface area contributed by atoms with Crippen LogP contribution in [0.2, 0.25) is 0 Å². The first kappa shape index (κ1) is 13.7. The van der Waals surface area contributed by atoms with Gasteiger partial charge in [-0.2, -0.15) is 9.78 Å². The Bertz CT molecular complexity index is 424. The third-order valence-electron chi connectivity index (χ3n) is 2.91. The fourth-order valence-electron chi connectivity index (χ4n) is 1.70. The fourth-order valence-corrected chi connectivity index (χ4v) is 1.70. The van der Waals surface area contributed by atoms with Crippen LogP contribution >= 0.6 is 0 Å². The topological polar surface area (TPSA) is 27.7 Å². The first-order valence-electron chi connectivity index (χ1n) is 6.36. The molecular formula is C16H18O3. The van der Waals surface area contributed by atoms with E-state index in [0.717, 1.165) is 11.1 Å². The summed E-state index contributed by atoms with van der Waals surface area (Å²) in [6, 6.07) is 19.7. The van der Waals surface area contributed by atoms with Crippen LogP contribution in [0, 0.1) is 0 Å². The molecule has 0 radical (unpaired) electrons. The molecule has 2 unspecified atom stereocenters. The molecule has 0 bridgehead atoms. The van der Waals surface area contributed by atoms with Gasteiger partial charge in [0.25, 0.3) is 0 Å². The Morgan fingerprint density at radius 3 is 1.37 bits per heavy atom. The molecule has 0 heterocycles. The van der Waals surface area contributed by atoms with E-state index < -0.39 is 0 Å². The minimum Gasteiger partial charge on any atom is -0.198 e. The summed E-state index contributed by atoms with van der Waals surface area (Å²) in [7, 11) is 0. The molecule has 3 heteroatoms. The molecule has 0 amide bonds. The summed E-state index contributed by atoms with van der Waals surface area (Å²) in [6.45, 7) is 3.82. The summed E-state index contributed by atoms with van der Waals surface area (Å²) in [5.74, 6) is 0. The Kier molecular flexibility index (Phi) is 5.10. The van der Waals surface area contributed by atoms with E-state index in [1.165, 1.54) is 0 Å². The molecule has 0 saturated carbocycles. The van der Waals surface area contributed by atoms with Crippen molar-refractivity contribution in [3.05, 3.63) is 71.8 Å². The molecule has 0 aliphatic carbocycles. The van der Waals surface area contributed by atoms with Gasteiger partial charge in [-0.3, -0.25) is 0 Å². The van der Waals surface area contributed by atoms with Crippen molar-refractivity contribution in [1.82, 2.24) is 0 Å². The average Bonchev–Trinajstić information content (AvgIpc) is 2.49. The molecule has 0 spiro atoms. The van der Waals surface area contributed by atoms with Gasteiger partial charge in [0.05, 0.1) is 0 Å². The number of benzene rings is 2. The second-order valence-electron chi connectivity index (χ2n) is 4.37. The second-order valence-corrected chi connectivity index (χ2v) is 4.37. The summed E-state index contributed by atoms with van der Waals surface area (Å²) in [6.07, 6.45) is -0.353. The quantitative estimate of drug-likeness (QED) is 0.568. The SMILES string of the molecule is CC(OOOC(C)c1ccccc1)c1ccccc1. The van der Waals surface area contributed by atoms with Gasteiger partial charge in [-0.25, -0.2) is 0 Å². The lowest BCUT2D eigenvalue weighted by molar-refractivity contribution is -0.540. The normalized spacial score (nSPS) is 14.0. The Balaban J connectivity index is 1.78. The lowest BCUT2D eigenvalue weighted by Crippen LogP contribution is -2.05. The van der Waals surface area contributed by atoms with E-state index in [2.05, 4.69) is 0 Å². The van der Waals surface area contributed by atoms with Crippen LogP contribution < -0.4 is 0 Å². The molecule has 0 N–H and O–H groups in total. The molecule has 2 rings (SSSR count). The Labute approximate surface area is 113 Å². The van der Waals surface area contributed by atoms with Crippen LogP contribution in [0.25, 0.3) is 0 Å². The molecule has 2 aromatic carbocycles. The highest BCUT2D eigenvalue weighted by molar-refractivity contribution is 5.17. The standard InChI is InChI=1S/C16H18O3/c1-13(15-9-5-3-6-10-15)17-19-18-14(2)16-11-7-4-8-12-16/h3-14H,1-2H3. The van der Waals surface area contributed by atoms with E-state index in [4.69, 9.17) is 14.8 Å². The van der Waals surface area contributed by atoms with Gasteiger partial charge >= 0.3 is 0 Å². The van der Waals surface area contributed by atoms with Crippen molar-refractivity contribution in [2.45, 2.75) is 26.1 Å². The van der Waals surface area contributed by atoms with Gasteiger partial charge in [0.1, 0.15) is 12.2 Å². The van der Waals surface area contributed by atoms with Crippen LogP contribution in [-0.4, -0.2) is 0 Å². The molecule has 3 nitrogen and oxygen atoms in total. The number of hydrogen-bond acceptors (Lipinski definition) is 3. The summed E-state index contributed by atoms with van der Waals surface area (Å²) in [5.41, 5.74) is 2.08. The lowest BCUT2D eigenvalue weighted by Gasteiger charge is -2.14. The largest absolute Gasteiger partial charge is 0.198 e. The van der Waals surface area contributed by atoms with E-state index in [0.29, 0.717) is 0 Å². The lowest BCUT2D eigenvalue weighted by atomic mass is 10.1. The maximum Gasteiger partial charge on any atom is 0.118 e. The van der Waals surface area contributed by atoms with E-state index in [1.807, 2.05) is 74.5 Å². The van der Waals surface area contributed by atoms with Crippen molar-refractivity contribution in [1.29, 1.82) is 0 Å². The Morgan fingerprint density at radius 1 is 0.632 bits per heavy atom. The molecule has 0 aliphatic heterocycles. The van der Waals surface area contributed by atoms with Crippen LogP contribution in [0.1, 0.15) is 37.2 Å². The van der Waals surface area contributed by atoms with Crippen LogP contribution in [-0.2, 0) is 14.8 Å². The summed E-state index contributed by atoms with van der Waals surface area (Å²) in [5, 5.41) is 4.87. The van der Waals surface area contributed by atoms with Gasteiger partial charge < -0.3 is 0 Å². The van der Waals surface area contributed by atoms with Crippen molar-refractivity contribution < 1.29 is 14.8 Å². The first-order valence-corrected chi connectivity index (χ1v) is 6.36. The van der Waals surface area contributed by atoms with Gasteiger partial charge in [-0.05, 0) is 25.0 Å². The predicted molar refractivity (Wildman–Crippen MR) is 73.0 cm³/mol. The average molecular weight is 258 g/mol. The highest BCUT2D eigenvalue weighted by Crippen LogP contribution is 2.20. The predicted octanol–water partition coefficient (Wildman–Crippen LogP) is 4.39. The van der Waals surface area contributed by atoms with Crippen LogP contribution in [0.4, 0.5) is 0 Å². The van der Waals surface area contributed by atoms with E-state index in [1.54, 1.807) is 0 Å². The van der Waals surface area contributed by atoms with E-state index in [-0.39, 0.29) is 12.2 Å². The molecule has 2 aromatic rings. The Morgan fingerprint density at radius 2 is 1.00 bits per heavy atom. The fraction of sp³-hybridized carbons (Fsp3) is 0.250. The number of hydrogen-bond donors (Lipinski definition) is 0. The maximum atomic E-state index is 5.20. The third-order valence-corrected chi connectivity index (χ3v) is 2.91. The zero-order valence-electron chi connectivity index (χ0n) is 11.2. The van der Waals surface area contributed by atoms with Gasteiger partial charge in [-0.1, -0.05) is 65.7 Å². The maximum absolute atomic E-state index is 5.20. The second kappa shape index (κ2) is 7.04. The van der Waals surface area contributed by atoms with Crippen molar-refractivity contribution in [2.75, 3.05) is 0 Å². The molecule has 0 aliphatic rings. The molecule has 19 heavy (non-hydrogen) atoms. The highest BCUT2D eigenvalue weighted by Gasteiger charge is 2.10. The molecule has 0 saturated heterocycles. The highest BCUT2D eigenvalue weighted by atomic mass is 17.5. The van der Waals surface area contributed by atoms with Crippen LogP contribution in [0.5, 0.6) is 0 Å². The van der Waals surface area contributed by atoms with Gasteiger partial charge in [0.15, 0.2) is 0 Å². The van der Waals surface area contributed by atoms with Crippen molar-refractivity contribution in [3.8, 4) is 0 Å². The van der Waals surface area contributed by atoms with Gasteiger partial charge in [-0.15, -0.1) is 0 Å². The third kappa shape index (κ3) is 4.17. The van der Waals surface area contributed by atoms with E-state index in [9.17, 15) is 0 Å². The Hall–Kier alpha value is -1.68.